The summed E-state index contributed by atoms with van der Waals surface area (Å²) >= 11 is 0. The van der Waals surface area contributed by atoms with E-state index < -0.39 is 55.2 Å². The highest BCUT2D eigenvalue weighted by Crippen LogP contribution is 2.13. The molecule has 10 heteroatoms. The lowest BCUT2D eigenvalue weighted by molar-refractivity contribution is -0.148. The molecule has 1 unspecified atom stereocenters. The van der Waals surface area contributed by atoms with Crippen LogP contribution in [-0.4, -0.2) is 79.8 Å². The Balaban J connectivity index is 4.93. The molecule has 0 aromatic carbocycles. The molecule has 0 aliphatic heterocycles. The van der Waals surface area contributed by atoms with Crippen LogP contribution in [0.25, 0.3) is 0 Å². The van der Waals surface area contributed by atoms with Crippen molar-refractivity contribution >= 4 is 11.8 Å². The van der Waals surface area contributed by atoms with Gasteiger partial charge in [-0.05, 0) is 5.92 Å². The molecule has 0 heterocycles. The second kappa shape index (κ2) is 8.62. The van der Waals surface area contributed by atoms with Crippen molar-refractivity contribution in [2.24, 2.45) is 11.2 Å². The van der Waals surface area contributed by atoms with E-state index in [-0.39, 0.29) is 0 Å². The minimum absolute atomic E-state index is 0.441. The zero-order valence-electron chi connectivity index (χ0n) is 11.7. The van der Waals surface area contributed by atoms with Gasteiger partial charge in [-0.3, -0.25) is 4.79 Å². The van der Waals surface area contributed by atoms with Crippen LogP contribution in [0, 0.1) is 10.8 Å². The van der Waals surface area contributed by atoms with Crippen LogP contribution in [0.4, 0.5) is 0 Å². The highest BCUT2D eigenvalue weighted by Gasteiger charge is 2.35. The molecule has 5 N–H and O–H groups in total. The molecule has 122 valence electrons. The van der Waals surface area contributed by atoms with Crippen LogP contribution in [0.3, 0.4) is 0 Å². The van der Waals surface area contributed by atoms with Gasteiger partial charge in [0, 0.05) is 0 Å². The highest BCUT2D eigenvalue weighted by atomic mass is 16.4. The molecule has 0 rings (SSSR count). The molecule has 21 heavy (non-hydrogen) atoms. The maximum atomic E-state index is 11.7. The van der Waals surface area contributed by atoms with E-state index in [4.69, 9.17) is 15.3 Å². The quantitative estimate of drug-likeness (QED) is 0.220. The first kappa shape index (κ1) is 19.4. The van der Waals surface area contributed by atoms with E-state index in [2.05, 4.69) is 5.29 Å². The first-order valence-corrected chi connectivity index (χ1v) is 6.17. The van der Waals surface area contributed by atoms with Gasteiger partial charge in [0.2, 0.25) is 0 Å². The molecular formula is C11H20N2O8. The van der Waals surface area contributed by atoms with E-state index in [0.29, 0.717) is 5.01 Å². The fourth-order valence-corrected chi connectivity index (χ4v) is 1.70. The maximum Gasteiger partial charge on any atom is 0.328 e. The molecule has 4 atom stereocenters. The average molecular weight is 308 g/mol. The van der Waals surface area contributed by atoms with Crippen LogP contribution in [0.5, 0.6) is 0 Å². The number of ketones is 1. The number of carboxylic acids is 1. The number of aliphatic hydroxyl groups is 4. The zero-order valence-corrected chi connectivity index (χ0v) is 11.7. The average Bonchev–Trinajstić information content (AvgIpc) is 2.42. The van der Waals surface area contributed by atoms with Crippen LogP contribution >= 0.6 is 0 Å². The number of aliphatic carboxylic acids is 1. The topological polar surface area (TPSA) is 168 Å². The van der Waals surface area contributed by atoms with Crippen LogP contribution in [-0.2, 0) is 9.59 Å². The molecular weight excluding hydrogens is 288 g/mol. The normalized spacial score (nSPS) is 16.9. The maximum absolute atomic E-state index is 11.7. The summed E-state index contributed by atoms with van der Waals surface area (Å²) in [5.74, 6) is -3.03. The van der Waals surface area contributed by atoms with Crippen LogP contribution in [0.15, 0.2) is 5.29 Å². The Morgan fingerprint density at radius 2 is 1.71 bits per heavy atom. The van der Waals surface area contributed by atoms with Gasteiger partial charge >= 0.3 is 5.97 Å². The third-order valence-corrected chi connectivity index (χ3v) is 2.86. The van der Waals surface area contributed by atoms with Crippen molar-refractivity contribution in [1.82, 2.24) is 5.01 Å². The number of Topliss-reactive ketones (excluding diaryl/α,β-unsaturated/α-hetero) is 1. The minimum Gasteiger partial charge on any atom is -0.480 e. The Morgan fingerprint density at radius 1 is 1.19 bits per heavy atom. The van der Waals surface area contributed by atoms with Gasteiger partial charge < -0.3 is 25.5 Å². The van der Waals surface area contributed by atoms with E-state index in [1.165, 1.54) is 13.8 Å². The zero-order chi connectivity index (χ0) is 16.7. The fraction of sp³-hybridized carbons (Fsp3) is 0.818. The summed E-state index contributed by atoms with van der Waals surface area (Å²) in [5, 5.41) is 48.5. The number of aliphatic hydroxyl groups excluding tert-OH is 4. The lowest BCUT2D eigenvalue weighted by atomic mass is 10.0. The van der Waals surface area contributed by atoms with Crippen molar-refractivity contribution in [3.8, 4) is 0 Å². The van der Waals surface area contributed by atoms with Crippen molar-refractivity contribution in [2.75, 3.05) is 13.2 Å². The predicted molar refractivity (Wildman–Crippen MR) is 68.9 cm³/mol. The van der Waals surface area contributed by atoms with Crippen molar-refractivity contribution in [1.29, 1.82) is 0 Å². The van der Waals surface area contributed by atoms with Gasteiger partial charge in [0.1, 0.15) is 30.9 Å². The molecule has 0 radical (unpaired) electrons. The Bertz CT molecular complexity index is 375. The second-order valence-electron chi connectivity index (χ2n) is 4.86. The third-order valence-electron chi connectivity index (χ3n) is 2.86. The molecule has 0 aromatic rings. The van der Waals surface area contributed by atoms with Crippen molar-refractivity contribution < 1.29 is 35.1 Å². The molecule has 0 aromatic heterocycles. The molecule has 0 saturated carbocycles. The second-order valence-corrected chi connectivity index (χ2v) is 4.86. The lowest BCUT2D eigenvalue weighted by Crippen LogP contribution is -2.50. The number of nitroso groups, excluding NO2 is 1. The minimum atomic E-state index is -2.09. The van der Waals surface area contributed by atoms with Crippen LogP contribution in [0.2, 0.25) is 0 Å². The number of hydrogen-bond acceptors (Lipinski definition) is 8. The van der Waals surface area contributed by atoms with Crippen molar-refractivity contribution in [3.63, 3.8) is 0 Å². The fourth-order valence-electron chi connectivity index (χ4n) is 1.70. The summed E-state index contributed by atoms with van der Waals surface area (Å²) < 4.78 is 0. The SMILES string of the molecule is CC(C)C(C(=O)O)N(CC(=O)[C@@H](O)[C@H](O)[C@H](O)CO)N=O. The van der Waals surface area contributed by atoms with Crippen molar-refractivity contribution in [3.05, 3.63) is 4.91 Å². The monoisotopic (exact) mass is 308 g/mol. The number of nitrogens with zero attached hydrogens (tertiary/aromatic N) is 2. The first-order chi connectivity index (χ1) is 9.67. The lowest BCUT2D eigenvalue weighted by Gasteiger charge is -2.27. The number of rotatable bonds is 10. The van der Waals surface area contributed by atoms with Crippen LogP contribution in [0.1, 0.15) is 13.8 Å². The van der Waals surface area contributed by atoms with Gasteiger partial charge in [-0.15, -0.1) is 4.91 Å². The van der Waals surface area contributed by atoms with Gasteiger partial charge in [-0.25, -0.2) is 9.80 Å². The molecule has 0 aliphatic carbocycles. The summed E-state index contributed by atoms with van der Waals surface area (Å²) in [6, 6.07) is -1.38. The standard InChI is InChI=1S/C11H20N2O8/c1-5(2)8(11(19)20)13(12-21)3-6(15)9(17)10(18)7(16)4-14/h5,7-10,14,16-18H,3-4H2,1-2H3,(H,19,20)/t7-,8?,9-,10-/m1/s1. The Hall–Kier alpha value is -1.62. The Labute approximate surface area is 120 Å². The third kappa shape index (κ3) is 5.34. The smallest absolute Gasteiger partial charge is 0.328 e. The first-order valence-electron chi connectivity index (χ1n) is 6.17. The Kier molecular flexibility index (Phi) is 7.95. The summed E-state index contributed by atoms with van der Waals surface area (Å²) in [6.45, 7) is 1.27. The van der Waals surface area contributed by atoms with Gasteiger partial charge in [0.25, 0.3) is 0 Å². The van der Waals surface area contributed by atoms with E-state index >= 15 is 0 Å². The van der Waals surface area contributed by atoms with Crippen molar-refractivity contribution in [2.45, 2.75) is 38.2 Å². The molecule has 0 saturated heterocycles. The number of hydrogen-bond donors (Lipinski definition) is 5. The van der Waals surface area contributed by atoms with E-state index in [0.717, 1.165) is 0 Å². The summed E-state index contributed by atoms with van der Waals surface area (Å²) in [4.78, 5) is 33.4. The largest absolute Gasteiger partial charge is 0.480 e. The predicted octanol–water partition coefficient (Wildman–Crippen LogP) is -2.28. The summed E-state index contributed by atoms with van der Waals surface area (Å²) in [7, 11) is 0. The molecule has 0 spiro atoms. The molecule has 0 fully saturated rings. The summed E-state index contributed by atoms with van der Waals surface area (Å²) in [6.07, 6.45) is -5.79. The molecule has 0 amide bonds. The van der Waals surface area contributed by atoms with E-state index in [1.807, 2.05) is 0 Å². The van der Waals surface area contributed by atoms with Gasteiger partial charge in [-0.2, -0.15) is 0 Å². The van der Waals surface area contributed by atoms with E-state index in [1.54, 1.807) is 0 Å². The number of carbonyl (C=O) groups is 2. The number of carboxylic acid groups (broad SMARTS) is 1. The molecule has 10 nitrogen and oxygen atoms in total. The highest BCUT2D eigenvalue weighted by molar-refractivity contribution is 5.86. The summed E-state index contributed by atoms with van der Waals surface area (Å²) in [5.41, 5.74) is 0. The number of carbonyl (C=O) groups excluding carboxylic acids is 1. The molecule has 0 aliphatic rings. The Morgan fingerprint density at radius 3 is 2.05 bits per heavy atom. The van der Waals surface area contributed by atoms with Gasteiger partial charge in [-0.1, -0.05) is 13.8 Å². The molecule has 0 bridgehead atoms. The van der Waals surface area contributed by atoms with Gasteiger partial charge in [0.15, 0.2) is 5.78 Å². The van der Waals surface area contributed by atoms with Gasteiger partial charge in [0.05, 0.1) is 11.9 Å². The van der Waals surface area contributed by atoms with Crippen LogP contribution < -0.4 is 0 Å². The van der Waals surface area contributed by atoms with E-state index in [9.17, 15) is 24.7 Å².